The van der Waals surface area contributed by atoms with Gasteiger partial charge in [-0.3, -0.25) is 4.79 Å². The molecule has 4 rings (SSSR count). The third-order valence-corrected chi connectivity index (χ3v) is 4.74. The molecule has 0 radical (unpaired) electrons. The number of ether oxygens (including phenoxy) is 3. The van der Waals surface area contributed by atoms with E-state index < -0.39 is 28.9 Å². The second-order valence-electron chi connectivity index (χ2n) is 7.15. The Morgan fingerprint density at radius 1 is 0.912 bits per heavy atom. The van der Waals surface area contributed by atoms with Crippen molar-refractivity contribution in [2.75, 3.05) is 6.61 Å². The maximum atomic E-state index is 13.8. The van der Waals surface area contributed by atoms with Crippen LogP contribution in [-0.2, 0) is 12.8 Å². The number of hydrogen-bond acceptors (Lipinski definition) is 5. The van der Waals surface area contributed by atoms with Gasteiger partial charge in [0.25, 0.3) is 5.76 Å². The van der Waals surface area contributed by atoms with E-state index in [1.165, 1.54) is 54.6 Å². The highest BCUT2D eigenvalue weighted by Crippen LogP contribution is 2.40. The summed E-state index contributed by atoms with van der Waals surface area (Å²) in [6.07, 6.45) is -5.01. The molecular weight excluding hydrogens is 456 g/mol. The van der Waals surface area contributed by atoms with E-state index in [2.05, 4.69) is 0 Å². The highest BCUT2D eigenvalue weighted by atomic mass is 19.4. The third-order valence-electron chi connectivity index (χ3n) is 4.74. The summed E-state index contributed by atoms with van der Waals surface area (Å²) in [6, 6.07) is 15.6. The Labute approximate surface area is 191 Å². The lowest BCUT2D eigenvalue weighted by atomic mass is 10.2. The molecule has 5 nitrogen and oxygen atoms in total. The molecule has 0 aliphatic carbocycles. The molecule has 0 saturated carbocycles. The van der Waals surface area contributed by atoms with Crippen molar-refractivity contribution in [2.45, 2.75) is 19.7 Å². The van der Waals surface area contributed by atoms with Crippen LogP contribution in [0.25, 0.3) is 11.0 Å². The van der Waals surface area contributed by atoms with E-state index in [0.717, 1.165) is 0 Å². The number of para-hydroxylation sites is 2. The lowest BCUT2D eigenvalue weighted by Gasteiger charge is -2.15. The number of rotatable bonds is 7. The number of alkyl halides is 3. The summed E-state index contributed by atoms with van der Waals surface area (Å²) < 4.78 is 76.1. The molecule has 9 heteroatoms. The summed E-state index contributed by atoms with van der Waals surface area (Å²) >= 11 is 0. The molecule has 0 fully saturated rings. The number of benzene rings is 3. The van der Waals surface area contributed by atoms with Crippen LogP contribution in [0.2, 0.25) is 0 Å². The Bertz CT molecular complexity index is 1380. The minimum atomic E-state index is -5.01. The Morgan fingerprint density at radius 2 is 1.68 bits per heavy atom. The van der Waals surface area contributed by atoms with Gasteiger partial charge in [-0.25, -0.2) is 4.39 Å². The fraction of sp³-hybridized carbons (Fsp3) is 0.160. The van der Waals surface area contributed by atoms with Crippen LogP contribution in [0.1, 0.15) is 18.2 Å². The standard InChI is InChI=1S/C25H18F4O5/c1-2-31-19-8-3-4-9-20(19)33-23-22(30)18-11-10-17(13-21(18)34-24(23)25(27,28)29)32-14-15-6-5-7-16(26)12-15/h3-13H,2,14H2,1H3. The van der Waals surface area contributed by atoms with Gasteiger partial charge in [-0.2, -0.15) is 13.2 Å². The van der Waals surface area contributed by atoms with E-state index in [1.807, 2.05) is 0 Å². The Kier molecular flexibility index (Phi) is 6.45. The van der Waals surface area contributed by atoms with Gasteiger partial charge in [0.15, 0.2) is 11.5 Å². The average molecular weight is 474 g/mol. The van der Waals surface area contributed by atoms with Crippen LogP contribution >= 0.6 is 0 Å². The molecule has 0 aliphatic rings. The van der Waals surface area contributed by atoms with Crippen molar-refractivity contribution < 1.29 is 36.2 Å². The summed E-state index contributed by atoms with van der Waals surface area (Å²) in [6.45, 7) is 1.92. The molecule has 0 atom stereocenters. The Balaban J connectivity index is 1.73. The Hall–Kier alpha value is -4.01. The van der Waals surface area contributed by atoms with Crippen molar-refractivity contribution in [3.63, 3.8) is 0 Å². The molecule has 1 aromatic heterocycles. The van der Waals surface area contributed by atoms with Crippen LogP contribution in [0.15, 0.2) is 75.9 Å². The monoisotopic (exact) mass is 474 g/mol. The molecular formula is C25H18F4O5. The zero-order valence-electron chi connectivity index (χ0n) is 17.8. The van der Waals surface area contributed by atoms with Gasteiger partial charge in [0, 0.05) is 6.07 Å². The van der Waals surface area contributed by atoms with Crippen molar-refractivity contribution in [2.24, 2.45) is 0 Å². The first kappa shape index (κ1) is 23.2. The topological polar surface area (TPSA) is 57.9 Å². The van der Waals surface area contributed by atoms with Crippen LogP contribution in [0.4, 0.5) is 17.6 Å². The van der Waals surface area contributed by atoms with Gasteiger partial charge in [-0.1, -0.05) is 24.3 Å². The molecule has 4 aromatic rings. The minimum absolute atomic E-state index is 0.0327. The SMILES string of the molecule is CCOc1ccccc1Oc1c(C(F)(F)F)oc2cc(OCc3cccc(F)c3)ccc2c1=O. The van der Waals surface area contributed by atoms with Gasteiger partial charge in [0.1, 0.15) is 23.8 Å². The van der Waals surface area contributed by atoms with Crippen molar-refractivity contribution in [3.8, 4) is 23.0 Å². The molecule has 34 heavy (non-hydrogen) atoms. The van der Waals surface area contributed by atoms with Gasteiger partial charge >= 0.3 is 6.18 Å². The lowest BCUT2D eigenvalue weighted by molar-refractivity contribution is -0.154. The highest BCUT2D eigenvalue weighted by molar-refractivity contribution is 5.80. The first-order valence-corrected chi connectivity index (χ1v) is 10.2. The predicted molar refractivity (Wildman–Crippen MR) is 116 cm³/mol. The smallest absolute Gasteiger partial charge is 0.453 e. The molecule has 1 heterocycles. The van der Waals surface area contributed by atoms with E-state index in [-0.39, 0.29) is 41.4 Å². The van der Waals surface area contributed by atoms with Gasteiger partial charge in [0.2, 0.25) is 11.2 Å². The summed E-state index contributed by atoms with van der Waals surface area (Å²) in [5.74, 6) is -2.77. The van der Waals surface area contributed by atoms with Crippen molar-refractivity contribution in [1.29, 1.82) is 0 Å². The van der Waals surface area contributed by atoms with Crippen molar-refractivity contribution >= 4 is 11.0 Å². The highest BCUT2D eigenvalue weighted by Gasteiger charge is 2.40. The molecule has 0 spiro atoms. The van der Waals surface area contributed by atoms with Gasteiger partial charge in [0.05, 0.1) is 12.0 Å². The summed E-state index contributed by atoms with van der Waals surface area (Å²) in [7, 11) is 0. The predicted octanol–water partition coefficient (Wildman–Crippen LogP) is 6.72. The van der Waals surface area contributed by atoms with Gasteiger partial charge < -0.3 is 18.6 Å². The summed E-state index contributed by atoms with van der Waals surface area (Å²) in [4.78, 5) is 13.0. The van der Waals surface area contributed by atoms with Gasteiger partial charge in [-0.15, -0.1) is 0 Å². The van der Waals surface area contributed by atoms with Crippen LogP contribution in [0, 0.1) is 5.82 Å². The molecule has 0 amide bonds. The zero-order chi connectivity index (χ0) is 24.3. The maximum Gasteiger partial charge on any atom is 0.453 e. The molecule has 176 valence electrons. The Morgan fingerprint density at radius 3 is 2.38 bits per heavy atom. The molecule has 0 unspecified atom stereocenters. The number of fused-ring (bicyclic) bond motifs is 1. The van der Waals surface area contributed by atoms with E-state index in [0.29, 0.717) is 5.56 Å². The largest absolute Gasteiger partial charge is 0.490 e. The second kappa shape index (κ2) is 9.46. The number of halogens is 4. The van der Waals surface area contributed by atoms with Crippen molar-refractivity contribution in [3.05, 3.63) is 94.1 Å². The van der Waals surface area contributed by atoms with Crippen LogP contribution in [0.3, 0.4) is 0 Å². The van der Waals surface area contributed by atoms with E-state index in [4.69, 9.17) is 18.6 Å². The van der Waals surface area contributed by atoms with Crippen LogP contribution < -0.4 is 19.6 Å². The van der Waals surface area contributed by atoms with Crippen molar-refractivity contribution in [1.82, 2.24) is 0 Å². The lowest BCUT2D eigenvalue weighted by Crippen LogP contribution is -2.15. The molecule has 0 saturated heterocycles. The van der Waals surface area contributed by atoms with E-state index in [9.17, 15) is 22.4 Å². The first-order valence-electron chi connectivity index (χ1n) is 10.2. The molecule has 0 bridgehead atoms. The third kappa shape index (κ3) is 4.98. The van der Waals surface area contributed by atoms with Crippen LogP contribution in [0.5, 0.6) is 23.0 Å². The fourth-order valence-electron chi connectivity index (χ4n) is 3.24. The fourth-order valence-corrected chi connectivity index (χ4v) is 3.24. The minimum Gasteiger partial charge on any atom is -0.490 e. The first-order chi connectivity index (χ1) is 16.3. The van der Waals surface area contributed by atoms with E-state index >= 15 is 0 Å². The normalized spacial score (nSPS) is 11.4. The van der Waals surface area contributed by atoms with E-state index in [1.54, 1.807) is 19.1 Å². The second-order valence-corrected chi connectivity index (χ2v) is 7.15. The average Bonchev–Trinajstić information content (AvgIpc) is 2.80. The summed E-state index contributed by atoms with van der Waals surface area (Å²) in [5, 5.41) is -0.130. The maximum absolute atomic E-state index is 13.8. The van der Waals surface area contributed by atoms with Gasteiger partial charge in [-0.05, 0) is 48.9 Å². The van der Waals surface area contributed by atoms with Crippen LogP contribution in [-0.4, -0.2) is 6.61 Å². The zero-order valence-corrected chi connectivity index (χ0v) is 17.8. The number of hydrogen-bond donors (Lipinski definition) is 0. The molecule has 3 aromatic carbocycles. The summed E-state index contributed by atoms with van der Waals surface area (Å²) in [5.41, 5.74) is -0.815. The molecule has 0 N–H and O–H groups in total. The quantitative estimate of drug-likeness (QED) is 0.278. The molecule has 0 aliphatic heterocycles.